The van der Waals surface area contributed by atoms with Crippen LogP contribution in [0.15, 0.2) is 18.2 Å². The van der Waals surface area contributed by atoms with Crippen molar-refractivity contribution >= 4 is 11.6 Å². The summed E-state index contributed by atoms with van der Waals surface area (Å²) in [5.74, 6) is 0.195. The summed E-state index contributed by atoms with van der Waals surface area (Å²) < 4.78 is 0. The molecule has 2 nitrogen and oxygen atoms in total. The zero-order chi connectivity index (χ0) is 10.2. The Balaban J connectivity index is 2.40. The van der Waals surface area contributed by atoms with E-state index in [0.29, 0.717) is 5.02 Å². The molecule has 1 saturated carbocycles. The number of nitrogens with two attached hydrogens (primary N) is 1. The quantitative estimate of drug-likeness (QED) is 0.751. The van der Waals surface area contributed by atoms with E-state index >= 15 is 0 Å². The lowest BCUT2D eigenvalue weighted by atomic mass is 9.89. The first-order valence-corrected chi connectivity index (χ1v) is 5.27. The zero-order valence-corrected chi connectivity index (χ0v) is 8.72. The van der Waals surface area contributed by atoms with Crippen molar-refractivity contribution in [3.05, 3.63) is 28.8 Å². The molecule has 3 N–H and O–H groups in total. The van der Waals surface area contributed by atoms with Crippen molar-refractivity contribution < 1.29 is 5.11 Å². The van der Waals surface area contributed by atoms with Gasteiger partial charge in [0, 0.05) is 10.6 Å². The van der Waals surface area contributed by atoms with Crippen molar-refractivity contribution in [3.8, 4) is 5.75 Å². The fraction of sp³-hybridized carbons (Fsp3) is 0.455. The summed E-state index contributed by atoms with van der Waals surface area (Å²) in [6.07, 6.45) is 4.29. The number of aromatic hydroxyl groups is 1. The molecule has 0 radical (unpaired) electrons. The van der Waals surface area contributed by atoms with Crippen molar-refractivity contribution in [2.24, 2.45) is 5.73 Å². The van der Waals surface area contributed by atoms with Gasteiger partial charge < -0.3 is 10.8 Å². The van der Waals surface area contributed by atoms with Gasteiger partial charge in [0.2, 0.25) is 0 Å². The molecule has 2 rings (SSSR count). The minimum absolute atomic E-state index is 0.195. The highest BCUT2D eigenvalue weighted by atomic mass is 35.5. The molecule has 0 atom stereocenters. The summed E-state index contributed by atoms with van der Waals surface area (Å²) in [5, 5.41) is 9.82. The molecule has 0 unspecified atom stereocenters. The fourth-order valence-electron chi connectivity index (χ4n) is 2.18. The Morgan fingerprint density at radius 1 is 1.29 bits per heavy atom. The molecule has 1 fully saturated rings. The molecule has 0 spiro atoms. The number of rotatable bonds is 1. The van der Waals surface area contributed by atoms with E-state index in [0.717, 1.165) is 31.2 Å². The number of hydrogen-bond donors (Lipinski definition) is 2. The molecule has 1 aromatic rings. The van der Waals surface area contributed by atoms with Crippen molar-refractivity contribution in [1.29, 1.82) is 0 Å². The smallest absolute Gasteiger partial charge is 0.117 e. The van der Waals surface area contributed by atoms with Gasteiger partial charge in [-0.1, -0.05) is 30.5 Å². The fourth-order valence-corrected chi connectivity index (χ4v) is 2.55. The molecule has 3 heteroatoms. The number of halogens is 1. The van der Waals surface area contributed by atoms with Crippen LogP contribution in [0, 0.1) is 0 Å². The van der Waals surface area contributed by atoms with Gasteiger partial charge in [-0.15, -0.1) is 0 Å². The minimum Gasteiger partial charge on any atom is -0.508 e. The summed E-state index contributed by atoms with van der Waals surface area (Å²) in [6, 6.07) is 5.04. The molecule has 1 aliphatic carbocycles. The highest BCUT2D eigenvalue weighted by Crippen LogP contribution is 2.40. The van der Waals surface area contributed by atoms with Crippen molar-refractivity contribution in [3.63, 3.8) is 0 Å². The third-order valence-corrected chi connectivity index (χ3v) is 3.30. The van der Waals surface area contributed by atoms with Crippen LogP contribution in [0.1, 0.15) is 31.2 Å². The van der Waals surface area contributed by atoms with Gasteiger partial charge in [0.1, 0.15) is 5.75 Å². The van der Waals surface area contributed by atoms with E-state index < -0.39 is 0 Å². The molecule has 0 heterocycles. The second-order valence-electron chi connectivity index (χ2n) is 4.03. The zero-order valence-electron chi connectivity index (χ0n) is 7.96. The molecule has 1 aromatic carbocycles. The van der Waals surface area contributed by atoms with Gasteiger partial charge in [0.05, 0.1) is 0 Å². The lowest BCUT2D eigenvalue weighted by Gasteiger charge is -2.25. The van der Waals surface area contributed by atoms with E-state index in [1.54, 1.807) is 12.1 Å². The van der Waals surface area contributed by atoms with E-state index in [2.05, 4.69) is 0 Å². The summed E-state index contributed by atoms with van der Waals surface area (Å²) >= 11 is 6.06. The first-order valence-electron chi connectivity index (χ1n) is 4.90. The molecule has 14 heavy (non-hydrogen) atoms. The molecular formula is C11H14ClNO. The summed E-state index contributed by atoms with van der Waals surface area (Å²) in [4.78, 5) is 0. The molecule has 0 amide bonds. The van der Waals surface area contributed by atoms with E-state index in [1.807, 2.05) is 6.07 Å². The largest absolute Gasteiger partial charge is 0.508 e. The van der Waals surface area contributed by atoms with Gasteiger partial charge >= 0.3 is 0 Å². The predicted octanol–water partition coefficient (Wildman–Crippen LogP) is 2.77. The van der Waals surface area contributed by atoms with Crippen LogP contribution >= 0.6 is 11.6 Å². The first-order chi connectivity index (χ1) is 6.62. The van der Waals surface area contributed by atoms with Crippen molar-refractivity contribution in [1.82, 2.24) is 0 Å². The number of benzene rings is 1. The third kappa shape index (κ3) is 1.60. The second-order valence-corrected chi connectivity index (χ2v) is 4.43. The van der Waals surface area contributed by atoms with Gasteiger partial charge in [-0.05, 0) is 30.5 Å². The van der Waals surface area contributed by atoms with Gasteiger partial charge in [-0.25, -0.2) is 0 Å². The third-order valence-electron chi connectivity index (χ3n) is 2.98. The lowest BCUT2D eigenvalue weighted by molar-refractivity contribution is 0.455. The Morgan fingerprint density at radius 3 is 2.50 bits per heavy atom. The van der Waals surface area contributed by atoms with Gasteiger partial charge in [-0.2, -0.15) is 0 Å². The maximum Gasteiger partial charge on any atom is 0.117 e. The normalized spacial score (nSPS) is 19.9. The molecular weight excluding hydrogens is 198 g/mol. The van der Waals surface area contributed by atoms with Crippen LogP contribution in [0.4, 0.5) is 0 Å². The topological polar surface area (TPSA) is 46.2 Å². The van der Waals surface area contributed by atoms with Gasteiger partial charge in [0.25, 0.3) is 0 Å². The van der Waals surface area contributed by atoms with E-state index in [4.69, 9.17) is 17.3 Å². The highest BCUT2D eigenvalue weighted by Gasteiger charge is 2.32. The van der Waals surface area contributed by atoms with Gasteiger partial charge in [-0.3, -0.25) is 0 Å². The van der Waals surface area contributed by atoms with E-state index in [9.17, 15) is 5.11 Å². The number of phenols is 1. The highest BCUT2D eigenvalue weighted by molar-refractivity contribution is 6.31. The summed E-state index contributed by atoms with van der Waals surface area (Å²) in [5.41, 5.74) is 6.96. The van der Waals surface area contributed by atoms with Crippen molar-refractivity contribution in [2.75, 3.05) is 0 Å². The van der Waals surface area contributed by atoms with Crippen LogP contribution in [0.5, 0.6) is 5.75 Å². The number of hydrogen-bond acceptors (Lipinski definition) is 2. The van der Waals surface area contributed by atoms with Crippen LogP contribution < -0.4 is 5.73 Å². The van der Waals surface area contributed by atoms with Crippen molar-refractivity contribution in [2.45, 2.75) is 31.2 Å². The van der Waals surface area contributed by atoms with E-state index in [-0.39, 0.29) is 11.3 Å². The average molecular weight is 212 g/mol. The van der Waals surface area contributed by atoms with Crippen LogP contribution in [0.25, 0.3) is 0 Å². The monoisotopic (exact) mass is 211 g/mol. The predicted molar refractivity (Wildman–Crippen MR) is 57.5 cm³/mol. The molecule has 1 aliphatic rings. The Kier molecular flexibility index (Phi) is 2.41. The van der Waals surface area contributed by atoms with Crippen LogP contribution in [0.2, 0.25) is 5.02 Å². The number of phenolic OH excluding ortho intramolecular Hbond substituents is 1. The van der Waals surface area contributed by atoms with Crippen LogP contribution in [-0.2, 0) is 5.54 Å². The van der Waals surface area contributed by atoms with Gasteiger partial charge in [0.15, 0.2) is 0 Å². The SMILES string of the molecule is NC1(c2ccc(O)cc2Cl)CCCC1. The molecule has 0 aromatic heterocycles. The minimum atomic E-state index is -0.273. The molecule has 0 aliphatic heterocycles. The molecule has 76 valence electrons. The Hall–Kier alpha value is -0.730. The lowest BCUT2D eigenvalue weighted by Crippen LogP contribution is -2.33. The Bertz CT molecular complexity index is 345. The first kappa shape index (κ1) is 9.81. The standard InChI is InChI=1S/C11H14ClNO/c12-10-7-8(14)3-4-9(10)11(13)5-1-2-6-11/h3-4,7,14H,1-2,5-6,13H2. The van der Waals surface area contributed by atoms with E-state index in [1.165, 1.54) is 0 Å². The van der Waals surface area contributed by atoms with Crippen LogP contribution in [-0.4, -0.2) is 5.11 Å². The Morgan fingerprint density at radius 2 is 1.93 bits per heavy atom. The van der Waals surface area contributed by atoms with Crippen LogP contribution in [0.3, 0.4) is 0 Å². The maximum atomic E-state index is 9.24. The molecule has 0 saturated heterocycles. The second kappa shape index (κ2) is 3.44. The molecule has 0 bridgehead atoms. The average Bonchev–Trinajstić information content (AvgIpc) is 2.52. The Labute approximate surface area is 88.7 Å². The summed E-state index contributed by atoms with van der Waals surface area (Å²) in [6.45, 7) is 0. The maximum absolute atomic E-state index is 9.24. The summed E-state index contributed by atoms with van der Waals surface area (Å²) in [7, 11) is 0.